The third-order valence-corrected chi connectivity index (χ3v) is 6.22. The molecule has 1 aromatic rings. The van der Waals surface area contributed by atoms with Gasteiger partial charge >= 0.3 is 0 Å². The van der Waals surface area contributed by atoms with Gasteiger partial charge in [-0.15, -0.1) is 0 Å². The number of aliphatic hydroxyl groups is 1. The maximum atomic E-state index is 12.8. The van der Waals surface area contributed by atoms with Crippen molar-refractivity contribution in [3.63, 3.8) is 0 Å². The molecule has 1 unspecified atom stereocenters. The van der Waals surface area contributed by atoms with Gasteiger partial charge in [-0.05, 0) is 43.9 Å². The van der Waals surface area contributed by atoms with Crippen molar-refractivity contribution in [1.82, 2.24) is 4.90 Å². The number of rotatable bonds is 2. The monoisotopic (exact) mass is 369 g/mol. The zero-order valence-electron chi connectivity index (χ0n) is 15.6. The van der Waals surface area contributed by atoms with Gasteiger partial charge in [-0.1, -0.05) is 6.07 Å². The predicted molar refractivity (Wildman–Crippen MR) is 101 cm³/mol. The molecule has 2 saturated heterocycles. The minimum atomic E-state index is -0.304. The minimum Gasteiger partial charge on any atom is -0.393 e. The number of ether oxygens (including phenoxy) is 1. The van der Waals surface area contributed by atoms with Crippen molar-refractivity contribution in [2.24, 2.45) is 11.3 Å². The van der Waals surface area contributed by atoms with E-state index < -0.39 is 0 Å². The van der Waals surface area contributed by atoms with Crippen molar-refractivity contribution in [1.29, 1.82) is 5.26 Å². The first kappa shape index (κ1) is 18.3. The molecule has 0 radical (unpaired) electrons. The number of hydrogen-bond donors (Lipinski definition) is 1. The van der Waals surface area contributed by atoms with Gasteiger partial charge < -0.3 is 19.6 Å². The lowest BCUT2D eigenvalue weighted by Crippen LogP contribution is -2.54. The van der Waals surface area contributed by atoms with Crippen molar-refractivity contribution in [3.8, 4) is 6.07 Å². The summed E-state index contributed by atoms with van der Waals surface area (Å²) in [4.78, 5) is 17.1. The van der Waals surface area contributed by atoms with E-state index in [9.17, 15) is 15.2 Å². The number of amides is 1. The summed E-state index contributed by atoms with van der Waals surface area (Å²) in [5.41, 5.74) is 1.63. The standard InChI is InChI=1S/C21H27N3O3/c22-12-16-3-1-4-18(9-16)23-7-8-27-15-21(13-23)5-2-6-24(14-21)20(26)17-10-19(25)11-17/h1,3-4,9,17,19,25H,2,5-8,10-11,13-15H2. The lowest BCUT2D eigenvalue weighted by atomic mass is 9.77. The zero-order valence-corrected chi connectivity index (χ0v) is 15.6. The molecule has 144 valence electrons. The normalized spacial score (nSPS) is 31.1. The molecule has 3 aliphatic rings. The van der Waals surface area contributed by atoms with Crippen LogP contribution in [-0.4, -0.2) is 61.4 Å². The number of carbonyl (C=O) groups excluding carboxylic acids is 1. The van der Waals surface area contributed by atoms with Gasteiger partial charge in [0, 0.05) is 43.2 Å². The Labute approximate surface area is 160 Å². The van der Waals surface area contributed by atoms with Crippen LogP contribution in [0.4, 0.5) is 5.69 Å². The first-order valence-electron chi connectivity index (χ1n) is 9.88. The minimum absolute atomic E-state index is 0.00902. The SMILES string of the molecule is N#Cc1cccc(N2CCOCC3(CCCN(C(=O)C4CC(O)C4)C3)C2)c1. The van der Waals surface area contributed by atoms with Crippen molar-refractivity contribution >= 4 is 11.6 Å². The van der Waals surface area contributed by atoms with E-state index in [2.05, 4.69) is 11.0 Å². The molecular weight excluding hydrogens is 342 g/mol. The molecular formula is C21H27N3O3. The van der Waals surface area contributed by atoms with Crippen molar-refractivity contribution in [2.75, 3.05) is 44.3 Å². The van der Waals surface area contributed by atoms with Crippen LogP contribution in [-0.2, 0) is 9.53 Å². The number of hydrogen-bond acceptors (Lipinski definition) is 5. The summed E-state index contributed by atoms with van der Waals surface area (Å²) in [6.07, 6.45) is 2.93. The van der Waals surface area contributed by atoms with E-state index in [-0.39, 0.29) is 23.3 Å². The van der Waals surface area contributed by atoms with Gasteiger partial charge in [-0.3, -0.25) is 4.79 Å². The molecule has 1 atom stereocenters. The van der Waals surface area contributed by atoms with Crippen molar-refractivity contribution < 1.29 is 14.6 Å². The van der Waals surface area contributed by atoms with Crippen molar-refractivity contribution in [2.45, 2.75) is 31.8 Å². The lowest BCUT2D eigenvalue weighted by molar-refractivity contribution is -0.146. The molecule has 1 amide bonds. The fraction of sp³-hybridized carbons (Fsp3) is 0.619. The van der Waals surface area contributed by atoms with Crippen LogP contribution in [0, 0.1) is 22.7 Å². The summed E-state index contributed by atoms with van der Waals surface area (Å²) in [6.45, 7) is 4.46. The van der Waals surface area contributed by atoms with Crippen LogP contribution in [0.1, 0.15) is 31.2 Å². The third-order valence-electron chi connectivity index (χ3n) is 6.22. The Bertz CT molecular complexity index is 740. The van der Waals surface area contributed by atoms with Crippen LogP contribution >= 0.6 is 0 Å². The van der Waals surface area contributed by atoms with E-state index in [1.807, 2.05) is 29.2 Å². The molecule has 2 heterocycles. The number of anilines is 1. The topological polar surface area (TPSA) is 76.8 Å². The molecule has 1 aliphatic carbocycles. The fourth-order valence-corrected chi connectivity index (χ4v) is 4.68. The summed E-state index contributed by atoms with van der Waals surface area (Å²) >= 11 is 0. The summed E-state index contributed by atoms with van der Waals surface area (Å²) in [5, 5.41) is 18.7. The van der Waals surface area contributed by atoms with Gasteiger partial charge in [-0.2, -0.15) is 5.26 Å². The summed E-state index contributed by atoms with van der Waals surface area (Å²) in [5.74, 6) is 0.187. The van der Waals surface area contributed by atoms with E-state index in [4.69, 9.17) is 4.74 Å². The Morgan fingerprint density at radius 3 is 2.93 bits per heavy atom. The number of nitriles is 1. The highest BCUT2D eigenvalue weighted by atomic mass is 16.5. The summed E-state index contributed by atoms with van der Waals surface area (Å²) < 4.78 is 5.96. The van der Waals surface area contributed by atoms with Crippen LogP contribution < -0.4 is 4.90 Å². The fourth-order valence-electron chi connectivity index (χ4n) is 4.68. The van der Waals surface area contributed by atoms with Crippen LogP contribution in [0.25, 0.3) is 0 Å². The molecule has 0 bridgehead atoms. The number of aliphatic hydroxyl groups excluding tert-OH is 1. The van der Waals surface area contributed by atoms with Gasteiger partial charge in [0.15, 0.2) is 0 Å². The molecule has 4 rings (SSSR count). The van der Waals surface area contributed by atoms with Crippen molar-refractivity contribution in [3.05, 3.63) is 29.8 Å². The van der Waals surface area contributed by atoms with E-state index in [1.165, 1.54) is 0 Å². The average Bonchev–Trinajstić information content (AvgIpc) is 2.87. The Morgan fingerprint density at radius 2 is 2.15 bits per heavy atom. The van der Waals surface area contributed by atoms with Gasteiger partial charge in [0.05, 0.1) is 31.0 Å². The van der Waals surface area contributed by atoms with E-state index >= 15 is 0 Å². The van der Waals surface area contributed by atoms with Crippen LogP contribution in [0.15, 0.2) is 24.3 Å². The second kappa shape index (κ2) is 7.49. The second-order valence-electron chi connectivity index (χ2n) is 8.32. The molecule has 1 spiro atoms. The quantitative estimate of drug-likeness (QED) is 0.860. The lowest BCUT2D eigenvalue weighted by Gasteiger charge is -2.46. The molecule has 1 saturated carbocycles. The largest absolute Gasteiger partial charge is 0.393 e. The summed E-state index contributed by atoms with van der Waals surface area (Å²) in [6, 6.07) is 9.93. The highest BCUT2D eigenvalue weighted by molar-refractivity contribution is 5.80. The number of likely N-dealkylation sites (tertiary alicyclic amines) is 1. The van der Waals surface area contributed by atoms with E-state index in [1.54, 1.807) is 0 Å². The first-order chi connectivity index (χ1) is 13.1. The Hall–Kier alpha value is -2.10. The first-order valence-corrected chi connectivity index (χ1v) is 9.88. The van der Waals surface area contributed by atoms with E-state index in [0.29, 0.717) is 38.2 Å². The van der Waals surface area contributed by atoms with Gasteiger partial charge in [0.2, 0.25) is 5.91 Å². The maximum Gasteiger partial charge on any atom is 0.225 e. The second-order valence-corrected chi connectivity index (χ2v) is 8.32. The molecule has 3 fully saturated rings. The molecule has 6 nitrogen and oxygen atoms in total. The zero-order chi connectivity index (χ0) is 18.9. The number of nitrogens with zero attached hydrogens (tertiary/aromatic N) is 3. The average molecular weight is 369 g/mol. The number of benzene rings is 1. The van der Waals surface area contributed by atoms with Crippen LogP contribution in [0.3, 0.4) is 0 Å². The Balaban J connectivity index is 1.50. The van der Waals surface area contributed by atoms with Crippen LogP contribution in [0.2, 0.25) is 0 Å². The summed E-state index contributed by atoms with van der Waals surface area (Å²) in [7, 11) is 0. The number of piperidine rings is 1. The maximum absolute atomic E-state index is 12.8. The Kier molecular flexibility index (Phi) is 5.07. The third kappa shape index (κ3) is 3.80. The van der Waals surface area contributed by atoms with Crippen LogP contribution in [0.5, 0.6) is 0 Å². The molecule has 2 aliphatic heterocycles. The smallest absolute Gasteiger partial charge is 0.225 e. The van der Waals surface area contributed by atoms with E-state index in [0.717, 1.165) is 38.2 Å². The predicted octanol–water partition coefficient (Wildman–Crippen LogP) is 1.77. The Morgan fingerprint density at radius 1 is 1.30 bits per heavy atom. The van der Waals surface area contributed by atoms with Gasteiger partial charge in [0.1, 0.15) is 0 Å². The molecule has 0 aromatic heterocycles. The molecule has 1 aromatic carbocycles. The highest BCUT2D eigenvalue weighted by Crippen LogP contribution is 2.37. The van der Waals surface area contributed by atoms with Gasteiger partial charge in [-0.25, -0.2) is 0 Å². The number of carbonyl (C=O) groups is 1. The molecule has 6 heteroatoms. The van der Waals surface area contributed by atoms with Gasteiger partial charge in [0.25, 0.3) is 0 Å². The molecule has 1 N–H and O–H groups in total. The molecule has 27 heavy (non-hydrogen) atoms. The highest BCUT2D eigenvalue weighted by Gasteiger charge is 2.43.